The number of thioether (sulfide) groups is 1. The van der Waals surface area contributed by atoms with Crippen LogP contribution in [0, 0.1) is 0 Å². The van der Waals surface area contributed by atoms with E-state index in [2.05, 4.69) is 5.32 Å². The first-order valence-corrected chi connectivity index (χ1v) is 12.5. The van der Waals surface area contributed by atoms with Crippen LogP contribution in [0.15, 0.2) is 45.5 Å². The van der Waals surface area contributed by atoms with Gasteiger partial charge >= 0.3 is 0 Å². The Morgan fingerprint density at radius 2 is 1.93 bits per heavy atom. The van der Waals surface area contributed by atoms with Gasteiger partial charge in [-0.1, -0.05) is 0 Å². The molecular formula is C19H24N2O5S3. The molecule has 3 rings (SSSR count). The van der Waals surface area contributed by atoms with Crippen LogP contribution in [0.25, 0.3) is 0 Å². The topological polar surface area (TPSA) is 84.9 Å². The Labute approximate surface area is 179 Å². The smallest absolute Gasteiger partial charge is 0.252 e. The van der Waals surface area contributed by atoms with Crippen molar-refractivity contribution in [2.75, 3.05) is 38.7 Å². The van der Waals surface area contributed by atoms with Crippen LogP contribution in [-0.2, 0) is 26.1 Å². The van der Waals surface area contributed by atoms with Gasteiger partial charge in [0.15, 0.2) is 0 Å². The Bertz CT molecular complexity index is 906. The van der Waals surface area contributed by atoms with Gasteiger partial charge in [-0.2, -0.15) is 4.31 Å². The molecule has 1 aromatic carbocycles. The van der Waals surface area contributed by atoms with Crippen LogP contribution in [0.5, 0.6) is 5.75 Å². The molecule has 0 radical (unpaired) electrons. The van der Waals surface area contributed by atoms with Crippen molar-refractivity contribution < 1.29 is 22.7 Å². The van der Waals surface area contributed by atoms with Crippen molar-refractivity contribution in [1.82, 2.24) is 9.62 Å². The minimum atomic E-state index is -3.49. The summed E-state index contributed by atoms with van der Waals surface area (Å²) < 4.78 is 37.6. The van der Waals surface area contributed by atoms with Crippen molar-refractivity contribution in [3.05, 3.63) is 41.3 Å². The van der Waals surface area contributed by atoms with E-state index in [1.807, 2.05) is 31.2 Å². The Hall–Kier alpha value is -1.59. The number of hydrogen-bond donors (Lipinski definition) is 1. The lowest BCUT2D eigenvalue weighted by atomic mass is 10.3. The van der Waals surface area contributed by atoms with E-state index >= 15 is 0 Å². The summed E-state index contributed by atoms with van der Waals surface area (Å²) in [5.74, 6) is 0.995. The molecule has 1 saturated heterocycles. The number of carbonyl (C=O) groups is 1. The Morgan fingerprint density at radius 1 is 1.21 bits per heavy atom. The number of thiophene rings is 1. The van der Waals surface area contributed by atoms with Crippen molar-refractivity contribution >= 4 is 39.0 Å². The third-order valence-electron chi connectivity index (χ3n) is 4.17. The lowest BCUT2D eigenvalue weighted by molar-refractivity contribution is -0.118. The summed E-state index contributed by atoms with van der Waals surface area (Å²) in [6, 6.07) is 11.0. The normalized spacial score (nSPS) is 15.2. The number of morpholine rings is 1. The van der Waals surface area contributed by atoms with E-state index in [-0.39, 0.29) is 11.7 Å². The first-order valence-electron chi connectivity index (χ1n) is 9.28. The molecule has 1 fully saturated rings. The van der Waals surface area contributed by atoms with Crippen molar-refractivity contribution in [2.24, 2.45) is 0 Å². The van der Waals surface area contributed by atoms with Crippen molar-refractivity contribution in [3.63, 3.8) is 0 Å². The number of amides is 1. The maximum absolute atomic E-state index is 12.6. The van der Waals surface area contributed by atoms with E-state index in [1.165, 1.54) is 27.4 Å². The van der Waals surface area contributed by atoms with Gasteiger partial charge in [-0.05, 0) is 43.3 Å². The maximum atomic E-state index is 12.6. The van der Waals surface area contributed by atoms with Crippen molar-refractivity contribution in [3.8, 4) is 5.75 Å². The summed E-state index contributed by atoms with van der Waals surface area (Å²) in [5.41, 5.74) is 0. The number of sulfonamides is 1. The van der Waals surface area contributed by atoms with Gasteiger partial charge in [-0.3, -0.25) is 4.79 Å². The molecule has 1 aliphatic heterocycles. The lowest BCUT2D eigenvalue weighted by Gasteiger charge is -2.25. The highest BCUT2D eigenvalue weighted by molar-refractivity contribution is 8.00. The number of carbonyl (C=O) groups excluding carboxylic acids is 1. The first kappa shape index (κ1) is 22.1. The highest BCUT2D eigenvalue weighted by atomic mass is 32.2. The fourth-order valence-corrected chi connectivity index (χ4v) is 6.28. The summed E-state index contributed by atoms with van der Waals surface area (Å²) in [7, 11) is -3.49. The maximum Gasteiger partial charge on any atom is 0.252 e. The van der Waals surface area contributed by atoms with Gasteiger partial charge in [-0.25, -0.2) is 8.42 Å². The monoisotopic (exact) mass is 456 g/mol. The third kappa shape index (κ3) is 6.19. The molecule has 158 valence electrons. The van der Waals surface area contributed by atoms with Gasteiger partial charge in [0, 0.05) is 22.9 Å². The van der Waals surface area contributed by atoms with E-state index in [0.717, 1.165) is 15.5 Å². The largest absolute Gasteiger partial charge is 0.494 e. The van der Waals surface area contributed by atoms with Crippen LogP contribution >= 0.6 is 23.1 Å². The standard InChI is InChI=1S/C19H24N2O5S3/c1-2-26-15-3-5-16(6-4-15)27-14-18(22)20-13-17-7-8-19(28-17)29(23,24)21-9-11-25-12-10-21/h3-8H,2,9-14H2,1H3,(H,20,22). The average molecular weight is 457 g/mol. The molecular weight excluding hydrogens is 432 g/mol. The fraction of sp³-hybridized carbons (Fsp3) is 0.421. The van der Waals surface area contributed by atoms with Crippen LogP contribution in [0.3, 0.4) is 0 Å². The molecule has 0 saturated carbocycles. The highest BCUT2D eigenvalue weighted by Crippen LogP contribution is 2.26. The van der Waals surface area contributed by atoms with Crippen LogP contribution < -0.4 is 10.1 Å². The predicted octanol–water partition coefficient (Wildman–Crippen LogP) is 2.58. The minimum absolute atomic E-state index is 0.102. The molecule has 10 heteroatoms. The molecule has 1 amide bonds. The number of rotatable bonds is 9. The molecule has 29 heavy (non-hydrogen) atoms. The zero-order valence-electron chi connectivity index (χ0n) is 16.1. The molecule has 1 aromatic heterocycles. The molecule has 0 atom stereocenters. The van der Waals surface area contributed by atoms with Crippen LogP contribution in [0.2, 0.25) is 0 Å². The summed E-state index contributed by atoms with van der Waals surface area (Å²) >= 11 is 2.63. The van der Waals surface area contributed by atoms with Gasteiger partial charge < -0.3 is 14.8 Å². The molecule has 1 aliphatic rings. The summed E-state index contributed by atoms with van der Waals surface area (Å²) in [5, 5.41) is 2.84. The number of nitrogens with zero attached hydrogens (tertiary/aromatic N) is 1. The molecule has 2 heterocycles. The summed E-state index contributed by atoms with van der Waals surface area (Å²) in [6.07, 6.45) is 0. The lowest BCUT2D eigenvalue weighted by Crippen LogP contribution is -2.40. The van der Waals surface area contributed by atoms with Crippen molar-refractivity contribution in [2.45, 2.75) is 22.6 Å². The van der Waals surface area contributed by atoms with Crippen LogP contribution in [-0.4, -0.2) is 57.3 Å². The molecule has 2 aromatic rings. The predicted molar refractivity (Wildman–Crippen MR) is 114 cm³/mol. The quantitative estimate of drug-likeness (QED) is 0.584. The van der Waals surface area contributed by atoms with Gasteiger partial charge in [0.1, 0.15) is 9.96 Å². The van der Waals surface area contributed by atoms with E-state index in [1.54, 1.807) is 12.1 Å². The molecule has 0 spiro atoms. The van der Waals surface area contributed by atoms with Crippen LogP contribution in [0.1, 0.15) is 11.8 Å². The SMILES string of the molecule is CCOc1ccc(SCC(=O)NCc2ccc(S(=O)(=O)N3CCOCC3)s2)cc1. The minimum Gasteiger partial charge on any atom is -0.494 e. The third-order valence-corrected chi connectivity index (χ3v) is 8.63. The average Bonchev–Trinajstić information content (AvgIpc) is 3.23. The molecule has 7 nitrogen and oxygen atoms in total. The molecule has 0 aliphatic carbocycles. The number of hydrogen-bond acceptors (Lipinski definition) is 7. The second kappa shape index (κ2) is 10.4. The van der Waals surface area contributed by atoms with E-state index < -0.39 is 10.0 Å². The number of nitrogens with one attached hydrogen (secondary N) is 1. The second-order valence-corrected chi connectivity index (χ2v) is 10.6. The summed E-state index contributed by atoms with van der Waals surface area (Å²) in [6.45, 7) is 4.43. The van der Waals surface area contributed by atoms with Gasteiger partial charge in [0.2, 0.25) is 5.91 Å². The van der Waals surface area contributed by atoms with Crippen molar-refractivity contribution in [1.29, 1.82) is 0 Å². The Morgan fingerprint density at radius 3 is 2.62 bits per heavy atom. The van der Waals surface area contributed by atoms with Gasteiger partial charge in [0.25, 0.3) is 10.0 Å². The van der Waals surface area contributed by atoms with E-state index in [9.17, 15) is 13.2 Å². The summed E-state index contributed by atoms with van der Waals surface area (Å²) in [4.78, 5) is 13.9. The van der Waals surface area contributed by atoms with Gasteiger partial charge in [-0.15, -0.1) is 23.1 Å². The molecule has 0 unspecified atom stereocenters. The van der Waals surface area contributed by atoms with E-state index in [0.29, 0.717) is 43.7 Å². The van der Waals surface area contributed by atoms with Crippen LogP contribution in [0.4, 0.5) is 0 Å². The zero-order chi connectivity index (χ0) is 20.7. The second-order valence-electron chi connectivity index (χ2n) is 6.21. The fourth-order valence-electron chi connectivity index (χ4n) is 2.69. The highest BCUT2D eigenvalue weighted by Gasteiger charge is 2.27. The Balaban J connectivity index is 1.47. The number of ether oxygens (including phenoxy) is 2. The molecule has 1 N–H and O–H groups in total. The zero-order valence-corrected chi connectivity index (χ0v) is 18.6. The van der Waals surface area contributed by atoms with E-state index in [4.69, 9.17) is 9.47 Å². The first-order chi connectivity index (χ1) is 14.0. The van der Waals surface area contributed by atoms with Gasteiger partial charge in [0.05, 0.1) is 32.1 Å². The molecule has 0 bridgehead atoms. The number of benzene rings is 1. The Kier molecular flexibility index (Phi) is 7.96.